The summed E-state index contributed by atoms with van der Waals surface area (Å²) in [6.07, 6.45) is 16.9. The average Bonchev–Trinajstić information content (AvgIpc) is 3.53. The van der Waals surface area contributed by atoms with Crippen molar-refractivity contribution in [1.82, 2.24) is 19.7 Å². The molecule has 7 rings (SSSR count). The molecule has 4 fully saturated rings. The van der Waals surface area contributed by atoms with Crippen LogP contribution in [0.1, 0.15) is 96.1 Å². The first-order valence-electron chi connectivity index (χ1n) is 16.0. The highest BCUT2D eigenvalue weighted by Crippen LogP contribution is 2.58. The van der Waals surface area contributed by atoms with Gasteiger partial charge in [0.1, 0.15) is 5.82 Å². The number of nitrogens with zero attached hydrogens (tertiary/aromatic N) is 5. The van der Waals surface area contributed by atoms with E-state index in [1.807, 2.05) is 34.2 Å². The Bertz CT molecular complexity index is 1440. The normalized spacial score (nSPS) is 27.2. The van der Waals surface area contributed by atoms with Crippen LogP contribution >= 0.6 is 0 Å². The Morgan fingerprint density at radius 2 is 1.72 bits per heavy atom. The summed E-state index contributed by atoms with van der Waals surface area (Å²) < 4.78 is 7.40. The number of amides is 1. The lowest BCUT2D eigenvalue weighted by molar-refractivity contribution is -0.124. The quantitative estimate of drug-likeness (QED) is 0.336. The molecule has 0 spiro atoms. The second kappa shape index (κ2) is 11.3. The van der Waals surface area contributed by atoms with Gasteiger partial charge in [0.05, 0.1) is 24.9 Å². The molecule has 0 saturated heterocycles. The smallest absolute Gasteiger partial charge is 0.231 e. The number of hydrogen-bond acceptors (Lipinski definition) is 6. The van der Waals surface area contributed by atoms with Crippen molar-refractivity contribution >= 4 is 11.7 Å². The van der Waals surface area contributed by atoms with Crippen LogP contribution in [0.5, 0.6) is 5.88 Å². The largest absolute Gasteiger partial charge is 0.481 e. The number of hydrogen-bond donors (Lipinski definition) is 1. The van der Waals surface area contributed by atoms with Crippen LogP contribution < -0.4 is 9.64 Å². The minimum absolute atomic E-state index is 0.0754. The van der Waals surface area contributed by atoms with Gasteiger partial charge in [-0.15, -0.1) is 0 Å². The Morgan fingerprint density at radius 1 is 1.02 bits per heavy atom. The lowest BCUT2D eigenvalue weighted by atomic mass is 9.52. The number of aromatic nitrogens is 4. The highest BCUT2D eigenvalue weighted by atomic mass is 16.5. The number of ether oxygens (including phenoxy) is 1. The molecule has 0 unspecified atom stereocenters. The highest BCUT2D eigenvalue weighted by Gasteiger charge is 2.51. The monoisotopic (exact) mass is 585 g/mol. The number of anilines is 1. The van der Waals surface area contributed by atoms with Crippen molar-refractivity contribution in [3.8, 4) is 17.0 Å². The van der Waals surface area contributed by atoms with Gasteiger partial charge in [-0.25, -0.2) is 9.97 Å². The zero-order chi connectivity index (χ0) is 30.4. The summed E-state index contributed by atoms with van der Waals surface area (Å²) >= 11 is 0. The molecule has 3 aromatic heterocycles. The van der Waals surface area contributed by atoms with Crippen LogP contribution in [0, 0.1) is 18.3 Å². The maximum Gasteiger partial charge on any atom is 0.231 e. The minimum atomic E-state index is -0.294. The number of aliphatic hydroxyl groups is 1. The first-order valence-corrected chi connectivity index (χ1v) is 16.0. The molecule has 0 atom stereocenters. The van der Waals surface area contributed by atoms with Gasteiger partial charge in [0.2, 0.25) is 11.8 Å². The fourth-order valence-electron chi connectivity index (χ4n) is 7.73. The van der Waals surface area contributed by atoms with Crippen LogP contribution in [0.15, 0.2) is 43.0 Å². The van der Waals surface area contributed by atoms with Gasteiger partial charge in [-0.1, -0.05) is 0 Å². The summed E-state index contributed by atoms with van der Waals surface area (Å²) in [7, 11) is 1.68. The number of methoxy groups -OCH3 is 1. The molecule has 4 aliphatic rings. The van der Waals surface area contributed by atoms with Crippen LogP contribution in [0.4, 0.5) is 5.82 Å². The van der Waals surface area contributed by atoms with Gasteiger partial charge in [0.25, 0.3) is 0 Å². The first-order chi connectivity index (χ1) is 20.5. The van der Waals surface area contributed by atoms with Crippen molar-refractivity contribution in [3.63, 3.8) is 0 Å². The zero-order valence-electron chi connectivity index (χ0n) is 26.5. The molecule has 8 heteroatoms. The summed E-state index contributed by atoms with van der Waals surface area (Å²) in [5.41, 5.74) is 4.58. The fourth-order valence-corrected chi connectivity index (χ4v) is 7.73. The molecule has 0 aromatic carbocycles. The van der Waals surface area contributed by atoms with E-state index in [1.54, 1.807) is 7.11 Å². The van der Waals surface area contributed by atoms with Crippen molar-refractivity contribution in [2.45, 2.75) is 109 Å². The van der Waals surface area contributed by atoms with Crippen molar-refractivity contribution in [3.05, 3.63) is 54.1 Å². The van der Waals surface area contributed by atoms with Crippen LogP contribution in [-0.4, -0.2) is 50.5 Å². The molecule has 2 bridgehead atoms. The standard InChI is InChI=1S/C35H47N5O3/c1-24-18-28(21-37-31(24)43-5)35-14-11-34(12-15-35,13-16-35)23-39(32(42)25-6-8-29(41)9-7-25)30-19-26(10-17-36-30)27-20-38-40(22-27)33(2,3)4/h10,17-22,25,29,41H,6-9,11-16,23H2,1-5H3. The summed E-state index contributed by atoms with van der Waals surface area (Å²) in [5.74, 6) is 1.51. The Kier molecular flexibility index (Phi) is 7.86. The van der Waals surface area contributed by atoms with Gasteiger partial charge in [0, 0.05) is 42.2 Å². The molecule has 1 N–H and O–H groups in total. The lowest BCUT2D eigenvalue weighted by Gasteiger charge is -2.55. The average molecular weight is 586 g/mol. The summed E-state index contributed by atoms with van der Waals surface area (Å²) in [6, 6.07) is 6.35. The van der Waals surface area contributed by atoms with Crippen LogP contribution in [0.25, 0.3) is 11.1 Å². The molecule has 8 nitrogen and oxygen atoms in total. The predicted octanol–water partition coefficient (Wildman–Crippen LogP) is 6.59. The van der Waals surface area contributed by atoms with Crippen molar-refractivity contribution < 1.29 is 14.6 Å². The zero-order valence-corrected chi connectivity index (χ0v) is 26.5. The van der Waals surface area contributed by atoms with Crippen LogP contribution in [0.2, 0.25) is 0 Å². The van der Waals surface area contributed by atoms with Crippen LogP contribution in [0.3, 0.4) is 0 Å². The summed E-state index contributed by atoms with van der Waals surface area (Å²) in [6.45, 7) is 9.18. The summed E-state index contributed by atoms with van der Waals surface area (Å²) in [5, 5.41) is 14.7. The summed E-state index contributed by atoms with van der Waals surface area (Å²) in [4.78, 5) is 25.7. The van der Waals surface area contributed by atoms with E-state index in [9.17, 15) is 9.90 Å². The Hall–Kier alpha value is -3.26. The molecular formula is C35H47N5O3. The molecule has 4 aliphatic carbocycles. The molecule has 230 valence electrons. The van der Waals surface area contributed by atoms with E-state index in [1.165, 1.54) is 5.56 Å². The van der Waals surface area contributed by atoms with Gasteiger partial charge in [0.15, 0.2) is 0 Å². The van der Waals surface area contributed by atoms with Crippen LogP contribution in [-0.2, 0) is 15.7 Å². The van der Waals surface area contributed by atoms with E-state index in [0.717, 1.165) is 73.9 Å². The molecule has 0 radical (unpaired) electrons. The van der Waals surface area contributed by atoms with E-state index in [4.69, 9.17) is 9.72 Å². The lowest BCUT2D eigenvalue weighted by Crippen LogP contribution is -2.52. The maximum absolute atomic E-state index is 14.3. The van der Waals surface area contributed by atoms with Crippen molar-refractivity contribution in [2.24, 2.45) is 11.3 Å². The van der Waals surface area contributed by atoms with Gasteiger partial charge < -0.3 is 9.84 Å². The molecule has 1 amide bonds. The SMILES string of the molecule is COc1ncc(C23CCC(CN(C(=O)C4CCC(O)CC4)c4cc(-c5cnn(C(C)(C)C)c5)ccn4)(CC2)CC3)cc1C. The molecule has 0 aliphatic heterocycles. The third-order valence-electron chi connectivity index (χ3n) is 10.7. The van der Waals surface area contributed by atoms with Gasteiger partial charge in [-0.05, 0) is 132 Å². The fraction of sp³-hybridized carbons (Fsp3) is 0.600. The molecule has 3 heterocycles. The third kappa shape index (κ3) is 5.83. The Balaban J connectivity index is 1.27. The topological polar surface area (TPSA) is 93.4 Å². The van der Waals surface area contributed by atoms with Gasteiger partial charge in [-0.3, -0.25) is 14.4 Å². The molecule has 43 heavy (non-hydrogen) atoms. The second-order valence-corrected chi connectivity index (χ2v) is 14.5. The maximum atomic E-state index is 14.3. The van der Waals surface area contributed by atoms with Gasteiger partial charge >= 0.3 is 0 Å². The minimum Gasteiger partial charge on any atom is -0.481 e. The van der Waals surface area contributed by atoms with E-state index in [0.29, 0.717) is 25.3 Å². The van der Waals surface area contributed by atoms with Crippen molar-refractivity contribution in [1.29, 1.82) is 0 Å². The number of carbonyl (C=O) groups is 1. The molecule has 4 saturated carbocycles. The first kappa shape index (κ1) is 29.8. The van der Waals surface area contributed by atoms with E-state index in [-0.39, 0.29) is 34.3 Å². The van der Waals surface area contributed by atoms with Gasteiger partial charge in [-0.2, -0.15) is 5.10 Å². The highest BCUT2D eigenvalue weighted by molar-refractivity contribution is 5.95. The number of aryl methyl sites for hydroxylation is 1. The number of fused-ring (bicyclic) bond motifs is 3. The number of pyridine rings is 2. The van der Waals surface area contributed by atoms with E-state index >= 15 is 0 Å². The Morgan fingerprint density at radius 3 is 2.33 bits per heavy atom. The van der Waals surface area contributed by atoms with E-state index in [2.05, 4.69) is 56.1 Å². The number of rotatable bonds is 7. The predicted molar refractivity (Wildman–Crippen MR) is 168 cm³/mol. The second-order valence-electron chi connectivity index (χ2n) is 14.5. The van der Waals surface area contributed by atoms with E-state index < -0.39 is 0 Å². The third-order valence-corrected chi connectivity index (χ3v) is 10.7. The molecule has 3 aromatic rings. The number of aliphatic hydroxyl groups excluding tert-OH is 1. The Labute approximate surface area is 255 Å². The number of carbonyl (C=O) groups excluding carboxylic acids is 1. The molecular weight excluding hydrogens is 538 g/mol. The van der Waals surface area contributed by atoms with Crippen molar-refractivity contribution in [2.75, 3.05) is 18.6 Å².